The van der Waals surface area contributed by atoms with E-state index in [9.17, 15) is 4.79 Å². The molecule has 0 aromatic carbocycles. The van der Waals surface area contributed by atoms with Crippen LogP contribution < -0.4 is 0 Å². The topological polar surface area (TPSA) is 26.3 Å². The van der Waals surface area contributed by atoms with Gasteiger partial charge in [0.05, 0.1) is 0 Å². The molecule has 1 unspecified atom stereocenters. The summed E-state index contributed by atoms with van der Waals surface area (Å²) in [5.41, 5.74) is 0. The summed E-state index contributed by atoms with van der Waals surface area (Å²) >= 11 is 0. The quantitative estimate of drug-likeness (QED) is 0.460. The van der Waals surface area contributed by atoms with E-state index in [4.69, 9.17) is 4.74 Å². The number of carbonyl (C=O) groups excluding carboxylic acids is 1. The van der Waals surface area contributed by atoms with Gasteiger partial charge < -0.3 is 4.74 Å². The third kappa shape index (κ3) is 9.50. The Hall–Kier alpha value is -1.05. The second-order valence-electron chi connectivity index (χ2n) is 3.80. The number of hydrogen-bond acceptors (Lipinski definition) is 2. The summed E-state index contributed by atoms with van der Waals surface area (Å²) in [6, 6.07) is 0. The molecular weight excluding hydrogens is 200 g/mol. The summed E-state index contributed by atoms with van der Waals surface area (Å²) in [6.45, 7) is 5.68. The fraction of sp³-hybridized carbons (Fsp3) is 0.643. The molecule has 0 bridgehead atoms. The molecule has 0 aromatic rings. The molecule has 16 heavy (non-hydrogen) atoms. The minimum absolute atomic E-state index is 0.0295. The van der Waals surface area contributed by atoms with Crippen molar-refractivity contribution in [1.82, 2.24) is 0 Å². The van der Waals surface area contributed by atoms with Crippen molar-refractivity contribution < 1.29 is 9.53 Å². The van der Waals surface area contributed by atoms with Crippen LogP contribution >= 0.6 is 0 Å². The lowest BCUT2D eigenvalue weighted by atomic mass is 10.1. The van der Waals surface area contributed by atoms with Crippen LogP contribution in [0.4, 0.5) is 0 Å². The molecule has 0 saturated heterocycles. The number of carbonyl (C=O) groups is 1. The van der Waals surface area contributed by atoms with E-state index < -0.39 is 0 Å². The Labute approximate surface area is 99.4 Å². The summed E-state index contributed by atoms with van der Waals surface area (Å²) in [5.74, 6) is -0.186. The van der Waals surface area contributed by atoms with Crippen LogP contribution in [0.1, 0.15) is 52.9 Å². The average molecular weight is 224 g/mol. The molecule has 0 rings (SSSR count). The van der Waals surface area contributed by atoms with E-state index >= 15 is 0 Å². The van der Waals surface area contributed by atoms with Gasteiger partial charge in [0.15, 0.2) is 0 Å². The molecule has 0 spiro atoms. The van der Waals surface area contributed by atoms with Crippen LogP contribution in [0.3, 0.4) is 0 Å². The van der Waals surface area contributed by atoms with E-state index in [0.717, 1.165) is 32.1 Å². The lowest BCUT2D eigenvalue weighted by molar-refractivity contribution is -0.146. The van der Waals surface area contributed by atoms with Crippen molar-refractivity contribution in [1.29, 1.82) is 0 Å². The molecule has 0 aliphatic carbocycles. The first-order valence-electron chi connectivity index (χ1n) is 6.17. The van der Waals surface area contributed by atoms with Gasteiger partial charge in [0.2, 0.25) is 0 Å². The Morgan fingerprint density at radius 3 is 2.31 bits per heavy atom. The minimum Gasteiger partial charge on any atom is -0.462 e. The number of ether oxygens (including phenoxy) is 1. The van der Waals surface area contributed by atoms with Crippen molar-refractivity contribution in [2.75, 3.05) is 0 Å². The molecule has 0 heterocycles. The summed E-state index contributed by atoms with van der Waals surface area (Å²) < 4.78 is 5.25. The molecule has 0 aromatic heterocycles. The van der Waals surface area contributed by atoms with Crippen molar-refractivity contribution in [3.8, 4) is 0 Å². The normalized spacial score (nSPS) is 13.4. The Morgan fingerprint density at radius 2 is 1.75 bits per heavy atom. The Balaban J connectivity index is 3.94. The summed E-state index contributed by atoms with van der Waals surface area (Å²) in [5, 5.41) is 0. The first-order chi connectivity index (χ1) is 7.70. The van der Waals surface area contributed by atoms with Crippen molar-refractivity contribution in [3.05, 3.63) is 24.3 Å². The highest BCUT2D eigenvalue weighted by Gasteiger charge is 2.08. The second kappa shape index (κ2) is 10.5. The van der Waals surface area contributed by atoms with Crippen LogP contribution in [0.2, 0.25) is 0 Å². The molecule has 2 heteroatoms. The van der Waals surface area contributed by atoms with E-state index in [1.54, 1.807) is 0 Å². The molecule has 0 aliphatic rings. The molecule has 2 nitrogen and oxygen atoms in total. The lowest BCUT2D eigenvalue weighted by Gasteiger charge is -2.14. The van der Waals surface area contributed by atoms with Gasteiger partial charge in [-0.25, -0.2) is 0 Å². The fourth-order valence-electron chi connectivity index (χ4n) is 1.44. The molecule has 0 radical (unpaired) electrons. The predicted octanol–water partition coefficient (Wildman–Crippen LogP) is 4.02. The molecule has 0 saturated carbocycles. The van der Waals surface area contributed by atoms with Gasteiger partial charge >= 0.3 is 5.97 Å². The number of esters is 1. The third-order valence-electron chi connectivity index (χ3n) is 2.19. The summed E-state index contributed by atoms with van der Waals surface area (Å²) in [7, 11) is 0. The zero-order valence-corrected chi connectivity index (χ0v) is 10.7. The van der Waals surface area contributed by atoms with E-state index in [0.29, 0.717) is 0 Å². The van der Waals surface area contributed by atoms with E-state index in [-0.39, 0.29) is 12.1 Å². The summed E-state index contributed by atoms with van der Waals surface area (Å²) in [4.78, 5) is 10.9. The fourth-order valence-corrected chi connectivity index (χ4v) is 1.44. The zero-order valence-electron chi connectivity index (χ0n) is 10.7. The van der Waals surface area contributed by atoms with Crippen molar-refractivity contribution in [3.63, 3.8) is 0 Å². The monoisotopic (exact) mass is 224 g/mol. The largest absolute Gasteiger partial charge is 0.462 e. The maximum Gasteiger partial charge on any atom is 0.302 e. The second-order valence-corrected chi connectivity index (χ2v) is 3.80. The lowest BCUT2D eigenvalue weighted by Crippen LogP contribution is -2.15. The van der Waals surface area contributed by atoms with Crippen molar-refractivity contribution in [2.24, 2.45) is 0 Å². The minimum atomic E-state index is -0.186. The molecular formula is C14H24O2. The summed E-state index contributed by atoms with van der Waals surface area (Å²) in [6.07, 6.45) is 13.3. The highest BCUT2D eigenvalue weighted by atomic mass is 16.5. The van der Waals surface area contributed by atoms with Gasteiger partial charge in [-0.05, 0) is 25.7 Å². The first-order valence-corrected chi connectivity index (χ1v) is 6.17. The van der Waals surface area contributed by atoms with E-state index in [2.05, 4.69) is 38.2 Å². The van der Waals surface area contributed by atoms with Gasteiger partial charge in [-0.15, -0.1) is 0 Å². The van der Waals surface area contributed by atoms with Gasteiger partial charge in [-0.1, -0.05) is 38.2 Å². The van der Waals surface area contributed by atoms with Crippen LogP contribution in [-0.4, -0.2) is 12.1 Å². The Morgan fingerprint density at radius 1 is 1.12 bits per heavy atom. The van der Waals surface area contributed by atoms with Gasteiger partial charge in [-0.3, -0.25) is 4.79 Å². The molecule has 0 N–H and O–H groups in total. The van der Waals surface area contributed by atoms with Gasteiger partial charge in [0.1, 0.15) is 6.10 Å². The van der Waals surface area contributed by atoms with Crippen LogP contribution in [-0.2, 0) is 9.53 Å². The predicted molar refractivity (Wildman–Crippen MR) is 68.3 cm³/mol. The van der Waals surface area contributed by atoms with Gasteiger partial charge in [-0.2, -0.15) is 0 Å². The zero-order chi connectivity index (χ0) is 12.2. The number of allylic oxidation sites excluding steroid dienone is 3. The number of rotatable bonds is 8. The molecule has 0 amide bonds. The average Bonchev–Trinajstić information content (AvgIpc) is 2.23. The van der Waals surface area contributed by atoms with Crippen molar-refractivity contribution >= 4 is 5.97 Å². The van der Waals surface area contributed by atoms with Crippen LogP contribution in [0.5, 0.6) is 0 Å². The highest BCUT2D eigenvalue weighted by molar-refractivity contribution is 5.66. The smallest absolute Gasteiger partial charge is 0.302 e. The van der Waals surface area contributed by atoms with E-state index in [1.165, 1.54) is 6.92 Å². The molecule has 92 valence electrons. The van der Waals surface area contributed by atoms with Gasteiger partial charge in [0.25, 0.3) is 0 Å². The molecule has 1 atom stereocenters. The maximum atomic E-state index is 10.9. The van der Waals surface area contributed by atoms with Crippen molar-refractivity contribution in [2.45, 2.75) is 59.0 Å². The SMILES string of the molecule is CC/C=C\CCC(C/C=C\CC)OC(C)=O. The Kier molecular flexibility index (Phi) is 9.78. The van der Waals surface area contributed by atoms with Gasteiger partial charge in [0, 0.05) is 13.3 Å². The molecule has 0 aliphatic heterocycles. The maximum absolute atomic E-state index is 10.9. The van der Waals surface area contributed by atoms with Crippen LogP contribution in [0.15, 0.2) is 24.3 Å². The van der Waals surface area contributed by atoms with Crippen LogP contribution in [0.25, 0.3) is 0 Å². The van der Waals surface area contributed by atoms with E-state index in [1.807, 2.05) is 0 Å². The van der Waals surface area contributed by atoms with Crippen LogP contribution in [0, 0.1) is 0 Å². The standard InChI is InChI=1S/C14H24O2/c1-4-6-8-10-12-14(16-13(3)15)11-9-7-5-2/h6-9,14H,4-5,10-12H2,1-3H3/b8-6-,9-7-. The Bertz CT molecular complexity index is 229. The third-order valence-corrected chi connectivity index (χ3v) is 2.19. The number of hydrogen-bond donors (Lipinski definition) is 0. The molecule has 0 fully saturated rings. The highest BCUT2D eigenvalue weighted by Crippen LogP contribution is 2.09. The first kappa shape index (κ1) is 14.9.